The van der Waals surface area contributed by atoms with E-state index in [0.29, 0.717) is 0 Å². The third kappa shape index (κ3) is 4.48. The first-order valence-electron chi connectivity index (χ1n) is 15.7. The van der Waals surface area contributed by atoms with Crippen LogP contribution < -0.4 is 0 Å². The maximum atomic E-state index is 5.04. The summed E-state index contributed by atoms with van der Waals surface area (Å²) in [5, 5.41) is 3.65. The minimum absolute atomic E-state index is 0.0245. The van der Waals surface area contributed by atoms with E-state index in [1.165, 1.54) is 55.3 Å². The van der Waals surface area contributed by atoms with E-state index in [9.17, 15) is 0 Å². The minimum atomic E-state index is -0.0245. The first kappa shape index (κ1) is 27.2. The van der Waals surface area contributed by atoms with Gasteiger partial charge in [-0.05, 0) is 117 Å². The summed E-state index contributed by atoms with van der Waals surface area (Å²) in [6.45, 7) is 8.93. The molecule has 0 aliphatic heterocycles. The van der Waals surface area contributed by atoms with E-state index in [1.807, 2.05) is 12.3 Å². The zero-order chi connectivity index (χ0) is 30.7. The van der Waals surface area contributed by atoms with Crippen LogP contribution in [0.3, 0.4) is 0 Å². The van der Waals surface area contributed by atoms with Gasteiger partial charge in [-0.3, -0.25) is 9.98 Å². The van der Waals surface area contributed by atoms with Gasteiger partial charge in [0, 0.05) is 22.7 Å². The summed E-state index contributed by atoms with van der Waals surface area (Å²) in [7, 11) is 0. The van der Waals surface area contributed by atoms with Crippen molar-refractivity contribution in [3.63, 3.8) is 0 Å². The molecule has 1 aliphatic carbocycles. The lowest BCUT2D eigenvalue weighted by molar-refractivity contribution is 0.660. The highest BCUT2D eigenvalue weighted by Gasteiger charge is 2.35. The highest BCUT2D eigenvalue weighted by molar-refractivity contribution is 6.06. The summed E-state index contributed by atoms with van der Waals surface area (Å²) in [6.07, 6.45) is 1.83. The monoisotopic (exact) mass is 578 g/mol. The molecule has 0 saturated heterocycles. The van der Waals surface area contributed by atoms with Crippen LogP contribution >= 0.6 is 0 Å². The molecule has 0 atom stereocenters. The molecule has 0 amide bonds. The van der Waals surface area contributed by atoms with Gasteiger partial charge in [0.25, 0.3) is 0 Å². The number of fused-ring (bicyclic) bond motifs is 5. The van der Waals surface area contributed by atoms with E-state index < -0.39 is 0 Å². The second-order valence-corrected chi connectivity index (χ2v) is 12.7. The quantitative estimate of drug-likeness (QED) is 0.191. The van der Waals surface area contributed by atoms with E-state index in [-0.39, 0.29) is 5.41 Å². The Morgan fingerprint density at radius 2 is 1.27 bits per heavy atom. The molecular formula is C43H34N2. The van der Waals surface area contributed by atoms with Crippen LogP contribution in [0, 0.1) is 6.92 Å². The van der Waals surface area contributed by atoms with Crippen molar-refractivity contribution in [3.8, 4) is 33.4 Å². The molecule has 1 aliphatic rings. The average Bonchev–Trinajstić information content (AvgIpc) is 3.30. The van der Waals surface area contributed by atoms with Gasteiger partial charge in [0.1, 0.15) is 0 Å². The molecule has 0 fully saturated rings. The van der Waals surface area contributed by atoms with Crippen LogP contribution in [-0.2, 0) is 5.41 Å². The number of aryl methyl sites for hydroxylation is 1. The van der Waals surface area contributed by atoms with Crippen LogP contribution in [-0.4, -0.2) is 10.7 Å². The fourth-order valence-corrected chi connectivity index (χ4v) is 7.17. The fraction of sp³-hybridized carbons (Fsp3) is 0.116. The minimum Gasteiger partial charge on any atom is -0.256 e. The van der Waals surface area contributed by atoms with Gasteiger partial charge in [-0.25, -0.2) is 0 Å². The fourth-order valence-electron chi connectivity index (χ4n) is 7.17. The number of aromatic nitrogens is 1. The van der Waals surface area contributed by atoms with Crippen molar-refractivity contribution in [1.82, 2.24) is 4.98 Å². The van der Waals surface area contributed by atoms with E-state index in [0.717, 1.165) is 33.4 Å². The maximum Gasteiger partial charge on any atom is 0.0702 e. The van der Waals surface area contributed by atoms with Gasteiger partial charge in [0.05, 0.1) is 11.2 Å². The second kappa shape index (κ2) is 10.4. The van der Waals surface area contributed by atoms with Crippen molar-refractivity contribution in [2.45, 2.75) is 33.1 Å². The van der Waals surface area contributed by atoms with Gasteiger partial charge in [0.15, 0.2) is 0 Å². The Bertz CT molecular complexity index is 2320. The largest absolute Gasteiger partial charge is 0.256 e. The maximum absolute atomic E-state index is 5.04. The van der Waals surface area contributed by atoms with Crippen molar-refractivity contribution < 1.29 is 0 Å². The number of nitrogens with zero attached hydrogens (tertiary/aromatic N) is 2. The third-order valence-electron chi connectivity index (χ3n) is 9.64. The number of aliphatic imine (C=N–C) groups is 1. The standard InChI is InChI=1S/C43H34N2/c1-27-24-30(17-21-41(27)45-28(2)29-16-22-42-32(25-29)10-9-23-44-42)33-19-20-34(36-12-6-5-11-35(33)36)31-15-18-38-37-13-7-8-14-39(37)43(3,4)40(38)26-31/h5-26H,1-4H3. The second-order valence-electron chi connectivity index (χ2n) is 12.7. The Morgan fingerprint density at radius 1 is 0.600 bits per heavy atom. The van der Waals surface area contributed by atoms with E-state index in [4.69, 9.17) is 4.99 Å². The molecule has 0 saturated carbocycles. The molecule has 0 radical (unpaired) electrons. The van der Waals surface area contributed by atoms with Gasteiger partial charge in [-0.15, -0.1) is 0 Å². The molecule has 45 heavy (non-hydrogen) atoms. The molecule has 0 spiro atoms. The van der Waals surface area contributed by atoms with E-state index in [1.54, 1.807) is 0 Å². The molecule has 1 aromatic heterocycles. The zero-order valence-corrected chi connectivity index (χ0v) is 26.1. The van der Waals surface area contributed by atoms with Crippen LogP contribution in [0.4, 0.5) is 5.69 Å². The van der Waals surface area contributed by atoms with E-state index >= 15 is 0 Å². The SMILES string of the molecule is CC(=Nc1ccc(-c2ccc(-c3ccc4c(c3)C(C)(C)c3ccccc3-4)c3ccccc23)cc1C)c1ccc2ncccc2c1. The first-order chi connectivity index (χ1) is 21.9. The molecule has 0 unspecified atom stereocenters. The van der Waals surface area contributed by atoms with Crippen LogP contribution in [0.5, 0.6) is 0 Å². The topological polar surface area (TPSA) is 25.2 Å². The third-order valence-corrected chi connectivity index (χ3v) is 9.64. The number of rotatable bonds is 4. The van der Waals surface area contributed by atoms with Crippen LogP contribution in [0.2, 0.25) is 0 Å². The number of hydrogen-bond acceptors (Lipinski definition) is 2. The van der Waals surface area contributed by atoms with Crippen LogP contribution in [0.1, 0.15) is 43.0 Å². The van der Waals surface area contributed by atoms with Gasteiger partial charge < -0.3 is 0 Å². The Balaban J connectivity index is 1.16. The van der Waals surface area contributed by atoms with Gasteiger partial charge in [-0.1, -0.05) is 105 Å². The molecule has 8 rings (SSSR count). The smallest absolute Gasteiger partial charge is 0.0702 e. The highest BCUT2D eigenvalue weighted by atomic mass is 14.7. The molecule has 0 bridgehead atoms. The molecular weight excluding hydrogens is 544 g/mol. The van der Waals surface area contributed by atoms with Gasteiger partial charge >= 0.3 is 0 Å². The van der Waals surface area contributed by atoms with Crippen molar-refractivity contribution in [2.75, 3.05) is 0 Å². The predicted octanol–water partition coefficient (Wildman–Crippen LogP) is 11.5. The molecule has 2 nitrogen and oxygen atoms in total. The Labute approximate surface area is 264 Å². The molecule has 2 heteroatoms. The lowest BCUT2D eigenvalue weighted by Crippen LogP contribution is -2.14. The Morgan fingerprint density at radius 3 is 2.04 bits per heavy atom. The zero-order valence-electron chi connectivity index (χ0n) is 26.1. The number of pyridine rings is 1. The summed E-state index contributed by atoms with van der Waals surface area (Å²) >= 11 is 0. The summed E-state index contributed by atoms with van der Waals surface area (Å²) in [6, 6.07) is 46.3. The summed E-state index contributed by atoms with van der Waals surface area (Å²) in [5.74, 6) is 0. The van der Waals surface area contributed by atoms with Crippen molar-refractivity contribution in [1.29, 1.82) is 0 Å². The number of benzene rings is 6. The van der Waals surface area contributed by atoms with Crippen LogP contribution in [0.25, 0.3) is 55.1 Å². The number of hydrogen-bond donors (Lipinski definition) is 0. The average molecular weight is 579 g/mol. The van der Waals surface area contributed by atoms with Crippen molar-refractivity contribution in [3.05, 3.63) is 156 Å². The Hall–Kier alpha value is -5.34. The Kier molecular flexibility index (Phi) is 6.28. The van der Waals surface area contributed by atoms with Gasteiger partial charge in [-0.2, -0.15) is 0 Å². The molecule has 0 N–H and O–H groups in total. The molecule has 1 heterocycles. The summed E-state index contributed by atoms with van der Waals surface area (Å²) in [5.41, 5.74) is 15.7. The van der Waals surface area contributed by atoms with Crippen LogP contribution in [0.15, 0.2) is 139 Å². The van der Waals surface area contributed by atoms with Crippen molar-refractivity contribution >= 4 is 33.1 Å². The molecule has 6 aromatic carbocycles. The molecule has 7 aromatic rings. The van der Waals surface area contributed by atoms with E-state index in [2.05, 4.69) is 154 Å². The predicted molar refractivity (Wildman–Crippen MR) is 191 cm³/mol. The summed E-state index contributed by atoms with van der Waals surface area (Å²) in [4.78, 5) is 9.49. The van der Waals surface area contributed by atoms with Crippen molar-refractivity contribution in [2.24, 2.45) is 4.99 Å². The summed E-state index contributed by atoms with van der Waals surface area (Å²) < 4.78 is 0. The lowest BCUT2D eigenvalue weighted by atomic mass is 9.81. The normalized spacial score (nSPS) is 13.6. The van der Waals surface area contributed by atoms with Gasteiger partial charge in [0.2, 0.25) is 0 Å². The highest BCUT2D eigenvalue weighted by Crippen LogP contribution is 2.50. The molecule has 216 valence electrons. The first-order valence-corrected chi connectivity index (χ1v) is 15.7. The lowest BCUT2D eigenvalue weighted by Gasteiger charge is -2.22.